The van der Waals surface area contributed by atoms with Crippen LogP contribution in [0.2, 0.25) is 0 Å². The largest absolute Gasteiger partial charge is 0.378 e. The lowest BCUT2D eigenvalue weighted by Gasteiger charge is -2.16. The summed E-state index contributed by atoms with van der Waals surface area (Å²) < 4.78 is 1.14. The lowest BCUT2D eigenvalue weighted by molar-refractivity contribution is 0.0963. The Kier molecular flexibility index (Phi) is 3.97. The normalized spacial score (nSPS) is 16.4. The van der Waals surface area contributed by atoms with Crippen LogP contribution in [0.3, 0.4) is 0 Å². The van der Waals surface area contributed by atoms with Gasteiger partial charge >= 0.3 is 0 Å². The minimum absolute atomic E-state index is 0.0578. The van der Waals surface area contributed by atoms with Crippen molar-refractivity contribution in [1.82, 2.24) is 5.32 Å². The summed E-state index contributed by atoms with van der Waals surface area (Å²) in [6.07, 6.45) is 2.20. The third kappa shape index (κ3) is 2.95. The number of carbonyl (C=O) groups is 1. The molecule has 21 heavy (non-hydrogen) atoms. The second kappa shape index (κ2) is 5.90. The standard InChI is InChI=1S/C17H17BrN2O/c1-19-17(21)11-2-6-14(7-3-11)20-16-9-4-12-10-13(18)5-8-15(12)16/h2-3,5-8,10,16,20H,4,9H2,1H3,(H,19,21). The molecule has 0 radical (unpaired) electrons. The SMILES string of the molecule is CNC(=O)c1ccc(NC2CCc3cc(Br)ccc32)cc1. The van der Waals surface area contributed by atoms with Crippen LogP contribution >= 0.6 is 15.9 Å². The van der Waals surface area contributed by atoms with E-state index in [2.05, 4.69) is 44.8 Å². The zero-order chi connectivity index (χ0) is 14.8. The first-order valence-electron chi connectivity index (χ1n) is 7.04. The van der Waals surface area contributed by atoms with E-state index in [1.165, 1.54) is 11.1 Å². The van der Waals surface area contributed by atoms with E-state index in [0.717, 1.165) is 23.0 Å². The van der Waals surface area contributed by atoms with Crippen molar-refractivity contribution in [2.24, 2.45) is 0 Å². The first-order valence-corrected chi connectivity index (χ1v) is 7.83. The molecule has 0 aromatic heterocycles. The van der Waals surface area contributed by atoms with Gasteiger partial charge in [0.2, 0.25) is 0 Å². The van der Waals surface area contributed by atoms with E-state index in [4.69, 9.17) is 0 Å². The van der Waals surface area contributed by atoms with Crippen molar-refractivity contribution in [3.63, 3.8) is 0 Å². The Morgan fingerprint density at radius 1 is 1.19 bits per heavy atom. The van der Waals surface area contributed by atoms with E-state index in [1.807, 2.05) is 24.3 Å². The molecule has 1 unspecified atom stereocenters. The van der Waals surface area contributed by atoms with Crippen LogP contribution in [-0.2, 0) is 6.42 Å². The van der Waals surface area contributed by atoms with E-state index in [-0.39, 0.29) is 5.91 Å². The molecule has 2 aromatic rings. The Balaban J connectivity index is 1.75. The Labute approximate surface area is 132 Å². The average molecular weight is 345 g/mol. The van der Waals surface area contributed by atoms with Gasteiger partial charge in [-0.25, -0.2) is 0 Å². The van der Waals surface area contributed by atoms with Crippen molar-refractivity contribution < 1.29 is 4.79 Å². The molecule has 2 aromatic carbocycles. The lowest BCUT2D eigenvalue weighted by Crippen LogP contribution is -2.17. The molecule has 1 atom stereocenters. The number of nitrogens with one attached hydrogen (secondary N) is 2. The monoisotopic (exact) mass is 344 g/mol. The maximum Gasteiger partial charge on any atom is 0.251 e. The highest BCUT2D eigenvalue weighted by Crippen LogP contribution is 2.35. The molecule has 1 aliphatic carbocycles. The fourth-order valence-electron chi connectivity index (χ4n) is 2.80. The van der Waals surface area contributed by atoms with Crippen LogP contribution in [0.4, 0.5) is 5.69 Å². The van der Waals surface area contributed by atoms with Crippen LogP contribution in [-0.4, -0.2) is 13.0 Å². The predicted octanol–water partition coefficient (Wildman–Crippen LogP) is 3.91. The minimum atomic E-state index is -0.0578. The number of fused-ring (bicyclic) bond motifs is 1. The minimum Gasteiger partial charge on any atom is -0.378 e. The van der Waals surface area contributed by atoms with Gasteiger partial charge in [0, 0.05) is 22.8 Å². The summed E-state index contributed by atoms with van der Waals surface area (Å²) in [4.78, 5) is 11.5. The molecule has 0 fully saturated rings. The average Bonchev–Trinajstić information content (AvgIpc) is 2.89. The smallest absolute Gasteiger partial charge is 0.251 e. The van der Waals surface area contributed by atoms with Crippen LogP contribution in [0.25, 0.3) is 0 Å². The maximum atomic E-state index is 11.5. The summed E-state index contributed by atoms with van der Waals surface area (Å²) in [5.74, 6) is -0.0578. The van der Waals surface area contributed by atoms with Gasteiger partial charge in [0.05, 0.1) is 6.04 Å². The number of rotatable bonds is 3. The summed E-state index contributed by atoms with van der Waals surface area (Å²) in [5.41, 5.74) is 4.50. The summed E-state index contributed by atoms with van der Waals surface area (Å²) in [7, 11) is 1.64. The molecule has 1 aliphatic rings. The zero-order valence-corrected chi connectivity index (χ0v) is 13.4. The van der Waals surface area contributed by atoms with E-state index in [0.29, 0.717) is 11.6 Å². The van der Waals surface area contributed by atoms with Crippen LogP contribution in [0.1, 0.15) is 33.9 Å². The van der Waals surface area contributed by atoms with Crippen molar-refractivity contribution in [2.75, 3.05) is 12.4 Å². The molecule has 2 N–H and O–H groups in total. The molecule has 0 aliphatic heterocycles. The highest BCUT2D eigenvalue weighted by atomic mass is 79.9. The molecule has 3 nitrogen and oxygen atoms in total. The number of benzene rings is 2. The van der Waals surface area contributed by atoms with Crippen LogP contribution in [0.15, 0.2) is 46.9 Å². The number of halogens is 1. The Morgan fingerprint density at radius 2 is 1.95 bits per heavy atom. The fraction of sp³-hybridized carbons (Fsp3) is 0.235. The molecule has 0 bridgehead atoms. The van der Waals surface area contributed by atoms with Crippen molar-refractivity contribution in [3.05, 3.63) is 63.6 Å². The van der Waals surface area contributed by atoms with Crippen LogP contribution in [0.5, 0.6) is 0 Å². The number of hydrogen-bond donors (Lipinski definition) is 2. The Bertz CT molecular complexity index is 667. The van der Waals surface area contributed by atoms with E-state index < -0.39 is 0 Å². The van der Waals surface area contributed by atoms with Crippen molar-refractivity contribution in [1.29, 1.82) is 0 Å². The third-order valence-corrected chi connectivity index (χ3v) is 4.39. The van der Waals surface area contributed by atoms with Crippen molar-refractivity contribution in [3.8, 4) is 0 Å². The molecule has 0 spiro atoms. The van der Waals surface area contributed by atoms with Gasteiger partial charge in [-0.1, -0.05) is 22.0 Å². The van der Waals surface area contributed by atoms with Gasteiger partial charge in [-0.3, -0.25) is 4.79 Å². The van der Waals surface area contributed by atoms with Crippen LogP contribution in [0, 0.1) is 0 Å². The first kappa shape index (κ1) is 14.1. The third-order valence-electron chi connectivity index (χ3n) is 3.90. The van der Waals surface area contributed by atoms with E-state index in [1.54, 1.807) is 7.05 Å². The summed E-state index contributed by atoms with van der Waals surface area (Å²) in [6, 6.07) is 14.4. The van der Waals surface area contributed by atoms with Gasteiger partial charge in [0.15, 0.2) is 0 Å². The Morgan fingerprint density at radius 3 is 2.67 bits per heavy atom. The second-order valence-corrected chi connectivity index (χ2v) is 6.15. The van der Waals surface area contributed by atoms with Crippen LogP contribution < -0.4 is 10.6 Å². The van der Waals surface area contributed by atoms with Gasteiger partial charge in [-0.15, -0.1) is 0 Å². The van der Waals surface area contributed by atoms with Gasteiger partial charge in [-0.2, -0.15) is 0 Å². The zero-order valence-electron chi connectivity index (χ0n) is 11.8. The van der Waals surface area contributed by atoms with Gasteiger partial charge in [0.25, 0.3) is 5.91 Å². The maximum absolute atomic E-state index is 11.5. The molecule has 0 saturated heterocycles. The number of hydrogen-bond acceptors (Lipinski definition) is 2. The molecular weight excluding hydrogens is 328 g/mol. The topological polar surface area (TPSA) is 41.1 Å². The highest BCUT2D eigenvalue weighted by molar-refractivity contribution is 9.10. The molecule has 0 saturated carbocycles. The first-order chi connectivity index (χ1) is 10.2. The molecular formula is C17H17BrN2O. The molecule has 3 rings (SSSR count). The quantitative estimate of drug-likeness (QED) is 0.886. The van der Waals surface area contributed by atoms with Crippen molar-refractivity contribution in [2.45, 2.75) is 18.9 Å². The molecule has 0 heterocycles. The number of carbonyl (C=O) groups excluding carboxylic acids is 1. The highest BCUT2D eigenvalue weighted by Gasteiger charge is 2.22. The molecule has 4 heteroatoms. The summed E-state index contributed by atoms with van der Waals surface area (Å²) in [5, 5.41) is 6.18. The Hall–Kier alpha value is -1.81. The van der Waals surface area contributed by atoms with Gasteiger partial charge in [-0.05, 0) is 60.4 Å². The number of amides is 1. The van der Waals surface area contributed by atoms with Crippen molar-refractivity contribution >= 4 is 27.5 Å². The van der Waals surface area contributed by atoms with E-state index in [9.17, 15) is 4.79 Å². The number of anilines is 1. The lowest BCUT2D eigenvalue weighted by atomic mass is 10.1. The molecule has 1 amide bonds. The fourth-order valence-corrected chi connectivity index (χ4v) is 3.21. The number of aryl methyl sites for hydroxylation is 1. The second-order valence-electron chi connectivity index (χ2n) is 5.24. The van der Waals surface area contributed by atoms with E-state index >= 15 is 0 Å². The summed E-state index contributed by atoms with van der Waals surface area (Å²) in [6.45, 7) is 0. The summed E-state index contributed by atoms with van der Waals surface area (Å²) >= 11 is 3.52. The van der Waals surface area contributed by atoms with Gasteiger partial charge < -0.3 is 10.6 Å². The predicted molar refractivity (Wildman–Crippen MR) is 88.7 cm³/mol. The molecule has 108 valence electrons. The van der Waals surface area contributed by atoms with Gasteiger partial charge in [0.1, 0.15) is 0 Å².